The lowest BCUT2D eigenvalue weighted by Crippen LogP contribution is -2.36. The number of carbonyl (C=O) groups is 1. The summed E-state index contributed by atoms with van der Waals surface area (Å²) in [6.45, 7) is 7.01. The van der Waals surface area contributed by atoms with Gasteiger partial charge in [-0.2, -0.15) is 0 Å². The summed E-state index contributed by atoms with van der Waals surface area (Å²) in [6.07, 6.45) is 0.473. The van der Waals surface area contributed by atoms with Gasteiger partial charge in [-0.05, 0) is 31.5 Å². The molecule has 0 atom stereocenters. The van der Waals surface area contributed by atoms with Crippen molar-refractivity contribution in [3.8, 4) is 0 Å². The Bertz CT molecular complexity index is 418. The van der Waals surface area contributed by atoms with Gasteiger partial charge in [0.15, 0.2) is 0 Å². The van der Waals surface area contributed by atoms with Crippen LogP contribution in [0.4, 0.5) is 5.69 Å². The first kappa shape index (κ1) is 17.6. The van der Waals surface area contributed by atoms with E-state index in [9.17, 15) is 4.79 Å². The van der Waals surface area contributed by atoms with Gasteiger partial charge in [-0.3, -0.25) is 9.69 Å². The summed E-state index contributed by atoms with van der Waals surface area (Å²) in [4.78, 5) is 14.2. The Kier molecular flexibility index (Phi) is 7.97. The first-order valence-corrected chi connectivity index (χ1v) is 7.38. The maximum Gasteiger partial charge on any atom is 0.225 e. The molecule has 0 heterocycles. The van der Waals surface area contributed by atoms with E-state index in [-0.39, 0.29) is 5.91 Å². The van der Waals surface area contributed by atoms with Crippen LogP contribution in [-0.4, -0.2) is 43.7 Å². The molecule has 0 aromatic heterocycles. The van der Waals surface area contributed by atoms with Crippen molar-refractivity contribution < 1.29 is 9.53 Å². The van der Waals surface area contributed by atoms with E-state index in [0.717, 1.165) is 24.3 Å². The zero-order valence-electron chi connectivity index (χ0n) is 13.3. The molecular weight excluding hydrogens is 266 g/mol. The third-order valence-electron chi connectivity index (χ3n) is 3.41. The molecular formula is C16H27N3O2. The molecule has 21 heavy (non-hydrogen) atoms. The Morgan fingerprint density at radius 3 is 2.48 bits per heavy atom. The summed E-state index contributed by atoms with van der Waals surface area (Å²) < 4.78 is 5.09. The second kappa shape index (κ2) is 9.50. The van der Waals surface area contributed by atoms with E-state index in [2.05, 4.69) is 24.1 Å². The molecule has 5 heteroatoms. The van der Waals surface area contributed by atoms with Crippen molar-refractivity contribution in [2.45, 2.75) is 32.9 Å². The van der Waals surface area contributed by atoms with Gasteiger partial charge in [-0.1, -0.05) is 12.1 Å². The molecule has 3 N–H and O–H groups in total. The molecule has 1 amide bonds. The van der Waals surface area contributed by atoms with Gasteiger partial charge >= 0.3 is 0 Å². The molecule has 5 nitrogen and oxygen atoms in total. The van der Waals surface area contributed by atoms with Gasteiger partial charge in [0.05, 0.1) is 6.61 Å². The first-order chi connectivity index (χ1) is 10.1. The van der Waals surface area contributed by atoms with Crippen molar-refractivity contribution in [1.29, 1.82) is 0 Å². The molecule has 0 bridgehead atoms. The molecule has 1 rings (SSSR count). The van der Waals surface area contributed by atoms with Crippen molar-refractivity contribution in [3.63, 3.8) is 0 Å². The number of ether oxygens (including phenoxy) is 1. The van der Waals surface area contributed by atoms with Gasteiger partial charge in [0.25, 0.3) is 0 Å². The lowest BCUT2D eigenvalue weighted by Gasteiger charge is -2.25. The van der Waals surface area contributed by atoms with Crippen LogP contribution in [0.15, 0.2) is 24.3 Å². The van der Waals surface area contributed by atoms with Gasteiger partial charge in [-0.15, -0.1) is 0 Å². The van der Waals surface area contributed by atoms with Crippen molar-refractivity contribution in [2.75, 3.05) is 32.1 Å². The van der Waals surface area contributed by atoms with E-state index < -0.39 is 0 Å². The average Bonchev–Trinajstić information content (AvgIpc) is 2.47. The van der Waals surface area contributed by atoms with E-state index >= 15 is 0 Å². The van der Waals surface area contributed by atoms with Crippen LogP contribution in [0.25, 0.3) is 0 Å². The molecule has 0 saturated heterocycles. The number of amides is 1. The highest BCUT2D eigenvalue weighted by Gasteiger charge is 2.11. The maximum absolute atomic E-state index is 12.0. The number of hydrogen-bond acceptors (Lipinski definition) is 4. The highest BCUT2D eigenvalue weighted by Crippen LogP contribution is 2.10. The number of nitrogens with two attached hydrogens (primary N) is 1. The molecule has 0 radical (unpaired) electrons. The number of nitrogens with one attached hydrogen (secondary N) is 1. The minimum atomic E-state index is 0.0264. The van der Waals surface area contributed by atoms with E-state index in [1.165, 1.54) is 0 Å². The third kappa shape index (κ3) is 6.71. The van der Waals surface area contributed by atoms with Crippen molar-refractivity contribution in [1.82, 2.24) is 4.90 Å². The van der Waals surface area contributed by atoms with Crippen LogP contribution >= 0.6 is 0 Å². The molecule has 0 saturated carbocycles. The van der Waals surface area contributed by atoms with E-state index in [1.807, 2.05) is 24.3 Å². The topological polar surface area (TPSA) is 67.6 Å². The van der Waals surface area contributed by atoms with Crippen LogP contribution in [0.5, 0.6) is 0 Å². The Morgan fingerprint density at radius 2 is 1.95 bits per heavy atom. The molecule has 1 aromatic rings. The molecule has 0 aliphatic heterocycles. The van der Waals surface area contributed by atoms with Gasteiger partial charge < -0.3 is 15.8 Å². The van der Waals surface area contributed by atoms with Gasteiger partial charge in [-0.25, -0.2) is 0 Å². The molecule has 0 unspecified atom stereocenters. The minimum absolute atomic E-state index is 0.0264. The highest BCUT2D eigenvalue weighted by molar-refractivity contribution is 5.90. The standard InChI is InChI=1S/C16H27N3O2/c1-13(2)19(10-11-21-3)9-8-16(20)18-15-6-4-14(12-17)5-7-15/h4-7,13H,8-12,17H2,1-3H3,(H,18,20). The Balaban J connectivity index is 2.40. The lowest BCUT2D eigenvalue weighted by molar-refractivity contribution is -0.116. The summed E-state index contributed by atoms with van der Waals surface area (Å²) in [5.74, 6) is 0.0264. The number of hydrogen-bond donors (Lipinski definition) is 2. The summed E-state index contributed by atoms with van der Waals surface area (Å²) >= 11 is 0. The molecule has 1 aromatic carbocycles. The summed E-state index contributed by atoms with van der Waals surface area (Å²) in [7, 11) is 1.69. The third-order valence-corrected chi connectivity index (χ3v) is 3.41. The van der Waals surface area contributed by atoms with Gasteiger partial charge in [0.2, 0.25) is 5.91 Å². The number of nitrogens with zero attached hydrogens (tertiary/aromatic N) is 1. The van der Waals surface area contributed by atoms with E-state index in [4.69, 9.17) is 10.5 Å². The zero-order valence-corrected chi connectivity index (χ0v) is 13.3. The van der Waals surface area contributed by atoms with Crippen molar-refractivity contribution in [2.24, 2.45) is 5.73 Å². The zero-order chi connectivity index (χ0) is 15.7. The van der Waals surface area contributed by atoms with Crippen molar-refractivity contribution >= 4 is 11.6 Å². The summed E-state index contributed by atoms with van der Waals surface area (Å²) in [6, 6.07) is 8.01. The number of carbonyl (C=O) groups excluding carboxylic acids is 1. The van der Waals surface area contributed by atoms with Crippen LogP contribution in [0.1, 0.15) is 25.8 Å². The van der Waals surface area contributed by atoms with Crippen LogP contribution in [0, 0.1) is 0 Å². The molecule has 0 aliphatic rings. The molecule has 0 aliphatic carbocycles. The predicted octanol–water partition coefficient (Wildman–Crippen LogP) is 1.83. The number of rotatable bonds is 9. The predicted molar refractivity (Wildman–Crippen MR) is 86.2 cm³/mol. The number of benzene rings is 1. The fraction of sp³-hybridized carbons (Fsp3) is 0.562. The maximum atomic E-state index is 12.0. The van der Waals surface area contributed by atoms with Crippen LogP contribution in [0.3, 0.4) is 0 Å². The summed E-state index contributed by atoms with van der Waals surface area (Å²) in [5.41, 5.74) is 7.41. The first-order valence-electron chi connectivity index (χ1n) is 7.38. The molecule has 118 valence electrons. The SMILES string of the molecule is COCCN(CCC(=O)Nc1ccc(CN)cc1)C(C)C. The second-order valence-electron chi connectivity index (χ2n) is 5.32. The molecule has 0 fully saturated rings. The van der Waals surface area contributed by atoms with Crippen molar-refractivity contribution in [3.05, 3.63) is 29.8 Å². The van der Waals surface area contributed by atoms with Gasteiger partial charge in [0, 0.05) is 44.9 Å². The van der Waals surface area contributed by atoms with Gasteiger partial charge in [0.1, 0.15) is 0 Å². The fourth-order valence-corrected chi connectivity index (χ4v) is 2.03. The van der Waals surface area contributed by atoms with Crippen LogP contribution in [-0.2, 0) is 16.1 Å². The fourth-order valence-electron chi connectivity index (χ4n) is 2.03. The lowest BCUT2D eigenvalue weighted by atomic mass is 10.2. The highest BCUT2D eigenvalue weighted by atomic mass is 16.5. The van der Waals surface area contributed by atoms with E-state index in [1.54, 1.807) is 7.11 Å². The largest absolute Gasteiger partial charge is 0.383 e. The second-order valence-corrected chi connectivity index (χ2v) is 5.32. The monoisotopic (exact) mass is 293 g/mol. The quantitative estimate of drug-likeness (QED) is 0.729. The van der Waals surface area contributed by atoms with E-state index in [0.29, 0.717) is 25.6 Å². The normalized spacial score (nSPS) is 11.1. The number of anilines is 1. The summed E-state index contributed by atoms with van der Waals surface area (Å²) in [5, 5.41) is 2.91. The smallest absolute Gasteiger partial charge is 0.225 e. The average molecular weight is 293 g/mol. The molecule has 0 spiro atoms. The Labute approximate surface area is 127 Å². The van der Waals surface area contributed by atoms with Crippen LogP contribution < -0.4 is 11.1 Å². The van der Waals surface area contributed by atoms with Crippen LogP contribution in [0.2, 0.25) is 0 Å². The minimum Gasteiger partial charge on any atom is -0.383 e. The Hall–Kier alpha value is -1.43. The Morgan fingerprint density at radius 1 is 1.29 bits per heavy atom. The number of methoxy groups -OCH3 is 1.